The van der Waals surface area contributed by atoms with Gasteiger partial charge in [-0.2, -0.15) is 0 Å². The first-order valence-corrected chi connectivity index (χ1v) is 11.8. The standard InChI is InChI=1S/C19H35NO3Si/c1-19(2,3)24(4,5)23-16-13-20(11-14-21)12-15-22-17-18-9-7-6-8-10-18/h6-10,21H,11-17H2,1-5H3. The Morgan fingerprint density at radius 1 is 1.00 bits per heavy atom. The number of aliphatic hydroxyl groups excluding tert-OH is 1. The molecule has 0 amide bonds. The van der Waals surface area contributed by atoms with Crippen LogP contribution >= 0.6 is 0 Å². The van der Waals surface area contributed by atoms with Crippen LogP contribution in [0.4, 0.5) is 0 Å². The van der Waals surface area contributed by atoms with E-state index in [-0.39, 0.29) is 11.6 Å². The van der Waals surface area contributed by atoms with Crippen molar-refractivity contribution in [3.8, 4) is 0 Å². The number of ether oxygens (including phenoxy) is 1. The molecule has 24 heavy (non-hydrogen) atoms. The number of nitrogens with zero attached hydrogens (tertiary/aromatic N) is 1. The second-order valence-electron chi connectivity index (χ2n) is 7.71. The van der Waals surface area contributed by atoms with Crippen molar-refractivity contribution in [2.24, 2.45) is 0 Å². The average Bonchev–Trinajstić information content (AvgIpc) is 2.51. The summed E-state index contributed by atoms with van der Waals surface area (Å²) in [5.41, 5.74) is 1.19. The molecule has 0 aromatic heterocycles. The lowest BCUT2D eigenvalue weighted by molar-refractivity contribution is 0.0792. The van der Waals surface area contributed by atoms with Gasteiger partial charge < -0.3 is 14.3 Å². The first kappa shape index (κ1) is 21.3. The fraction of sp³-hybridized carbons (Fsp3) is 0.684. The molecule has 0 aliphatic carbocycles. The zero-order valence-corrected chi connectivity index (χ0v) is 17.0. The Labute approximate surface area is 148 Å². The van der Waals surface area contributed by atoms with E-state index in [0.717, 1.165) is 19.7 Å². The van der Waals surface area contributed by atoms with E-state index in [0.29, 0.717) is 19.8 Å². The lowest BCUT2D eigenvalue weighted by Gasteiger charge is -2.36. The van der Waals surface area contributed by atoms with Crippen molar-refractivity contribution in [2.75, 3.05) is 39.5 Å². The Morgan fingerprint density at radius 3 is 2.21 bits per heavy atom. The van der Waals surface area contributed by atoms with Crippen LogP contribution in [0.25, 0.3) is 0 Å². The van der Waals surface area contributed by atoms with Crippen molar-refractivity contribution in [3.05, 3.63) is 35.9 Å². The maximum absolute atomic E-state index is 9.25. The van der Waals surface area contributed by atoms with Gasteiger partial charge in [0, 0.05) is 26.2 Å². The molecule has 1 rings (SSSR count). The van der Waals surface area contributed by atoms with E-state index in [1.54, 1.807) is 0 Å². The van der Waals surface area contributed by atoms with Crippen LogP contribution in [0.2, 0.25) is 18.1 Å². The summed E-state index contributed by atoms with van der Waals surface area (Å²) in [6.45, 7) is 15.8. The molecule has 0 aliphatic heterocycles. The molecule has 4 nitrogen and oxygen atoms in total. The third-order valence-corrected chi connectivity index (χ3v) is 9.29. The Bertz CT molecular complexity index is 446. The molecular formula is C19H35NO3Si. The normalized spacial score (nSPS) is 12.8. The van der Waals surface area contributed by atoms with Crippen molar-refractivity contribution in [3.63, 3.8) is 0 Å². The number of hydrogen-bond donors (Lipinski definition) is 1. The van der Waals surface area contributed by atoms with E-state index >= 15 is 0 Å². The minimum atomic E-state index is -1.70. The molecule has 0 aliphatic rings. The molecule has 0 saturated carbocycles. The lowest BCUT2D eigenvalue weighted by atomic mass is 10.2. The molecule has 0 fully saturated rings. The van der Waals surface area contributed by atoms with Crippen LogP contribution in [0.5, 0.6) is 0 Å². The van der Waals surface area contributed by atoms with Crippen LogP contribution < -0.4 is 0 Å². The highest BCUT2D eigenvalue weighted by Gasteiger charge is 2.36. The predicted molar refractivity (Wildman–Crippen MR) is 103 cm³/mol. The molecule has 5 heteroatoms. The summed E-state index contributed by atoms with van der Waals surface area (Å²) in [6, 6.07) is 10.2. The fourth-order valence-corrected chi connectivity index (χ4v) is 3.12. The number of rotatable bonds is 11. The third kappa shape index (κ3) is 7.90. The molecule has 0 heterocycles. The maximum Gasteiger partial charge on any atom is 0.192 e. The Balaban J connectivity index is 2.28. The zero-order valence-electron chi connectivity index (χ0n) is 16.0. The minimum absolute atomic E-state index is 0.165. The molecule has 1 aromatic rings. The summed E-state index contributed by atoms with van der Waals surface area (Å²) in [5.74, 6) is 0. The Kier molecular flexibility index (Phi) is 9.16. The Morgan fingerprint density at radius 2 is 1.62 bits per heavy atom. The summed E-state index contributed by atoms with van der Waals surface area (Å²) in [7, 11) is -1.70. The van der Waals surface area contributed by atoms with E-state index < -0.39 is 8.32 Å². The van der Waals surface area contributed by atoms with E-state index in [4.69, 9.17) is 9.16 Å². The van der Waals surface area contributed by atoms with Crippen LogP contribution in [0.3, 0.4) is 0 Å². The third-order valence-electron chi connectivity index (χ3n) is 4.76. The highest BCUT2D eigenvalue weighted by Crippen LogP contribution is 2.36. The molecule has 0 atom stereocenters. The van der Waals surface area contributed by atoms with Crippen LogP contribution in [-0.4, -0.2) is 57.8 Å². The van der Waals surface area contributed by atoms with E-state index in [1.807, 2.05) is 18.2 Å². The molecular weight excluding hydrogens is 318 g/mol. The van der Waals surface area contributed by atoms with Crippen LogP contribution in [0.1, 0.15) is 26.3 Å². The van der Waals surface area contributed by atoms with Crippen molar-refractivity contribution < 1.29 is 14.3 Å². The molecule has 0 bridgehead atoms. The van der Waals surface area contributed by atoms with Gasteiger partial charge >= 0.3 is 0 Å². The summed E-state index contributed by atoms with van der Waals surface area (Å²) < 4.78 is 12.0. The van der Waals surface area contributed by atoms with E-state index in [1.165, 1.54) is 5.56 Å². The molecule has 1 N–H and O–H groups in total. The second-order valence-corrected chi connectivity index (χ2v) is 12.5. The zero-order chi connectivity index (χ0) is 18.1. The smallest absolute Gasteiger partial charge is 0.192 e. The highest BCUT2D eigenvalue weighted by molar-refractivity contribution is 6.74. The quantitative estimate of drug-likeness (QED) is 0.488. The summed E-state index contributed by atoms with van der Waals surface area (Å²) in [4.78, 5) is 2.21. The largest absolute Gasteiger partial charge is 0.416 e. The maximum atomic E-state index is 9.25. The molecule has 0 spiro atoms. The average molecular weight is 354 g/mol. The summed E-state index contributed by atoms with van der Waals surface area (Å²) in [5, 5.41) is 9.47. The van der Waals surface area contributed by atoms with E-state index in [2.05, 4.69) is 50.9 Å². The van der Waals surface area contributed by atoms with Gasteiger partial charge in [-0.05, 0) is 23.7 Å². The fourth-order valence-electron chi connectivity index (χ4n) is 2.08. The number of benzene rings is 1. The van der Waals surface area contributed by atoms with Crippen LogP contribution in [0, 0.1) is 0 Å². The van der Waals surface area contributed by atoms with Gasteiger partial charge in [-0.15, -0.1) is 0 Å². The first-order chi connectivity index (χ1) is 11.3. The van der Waals surface area contributed by atoms with E-state index in [9.17, 15) is 5.11 Å². The monoisotopic (exact) mass is 353 g/mol. The molecule has 0 unspecified atom stereocenters. The van der Waals surface area contributed by atoms with Crippen LogP contribution in [-0.2, 0) is 15.8 Å². The molecule has 0 radical (unpaired) electrons. The van der Waals surface area contributed by atoms with Gasteiger partial charge in [0.1, 0.15) is 0 Å². The van der Waals surface area contributed by atoms with Gasteiger partial charge in [-0.25, -0.2) is 0 Å². The SMILES string of the molecule is CC(C)(C)[Si](C)(C)OCCN(CCO)CCOCc1ccccc1. The van der Waals surface area contributed by atoms with Gasteiger partial charge in [0.2, 0.25) is 0 Å². The Hall–Kier alpha value is -0.723. The van der Waals surface area contributed by atoms with Gasteiger partial charge in [-0.3, -0.25) is 4.90 Å². The predicted octanol–water partition coefficient (Wildman–Crippen LogP) is 3.52. The molecule has 1 aromatic carbocycles. The molecule has 0 saturated heterocycles. The van der Waals surface area contributed by atoms with Crippen LogP contribution in [0.15, 0.2) is 30.3 Å². The van der Waals surface area contributed by atoms with Crippen molar-refractivity contribution in [1.82, 2.24) is 4.90 Å². The van der Waals surface area contributed by atoms with Crippen molar-refractivity contribution in [1.29, 1.82) is 0 Å². The summed E-state index contributed by atoms with van der Waals surface area (Å²) >= 11 is 0. The van der Waals surface area contributed by atoms with Crippen molar-refractivity contribution in [2.45, 2.75) is 45.5 Å². The minimum Gasteiger partial charge on any atom is -0.416 e. The topological polar surface area (TPSA) is 41.9 Å². The number of aliphatic hydroxyl groups is 1. The van der Waals surface area contributed by atoms with Gasteiger partial charge in [-0.1, -0.05) is 51.1 Å². The lowest BCUT2D eigenvalue weighted by Crippen LogP contribution is -2.43. The van der Waals surface area contributed by atoms with Gasteiger partial charge in [0.15, 0.2) is 8.32 Å². The van der Waals surface area contributed by atoms with Gasteiger partial charge in [0.25, 0.3) is 0 Å². The highest BCUT2D eigenvalue weighted by atomic mass is 28.4. The number of hydrogen-bond acceptors (Lipinski definition) is 4. The first-order valence-electron chi connectivity index (χ1n) is 8.85. The molecule has 138 valence electrons. The van der Waals surface area contributed by atoms with Gasteiger partial charge in [0.05, 0.1) is 19.8 Å². The van der Waals surface area contributed by atoms with Crippen molar-refractivity contribution >= 4 is 8.32 Å². The summed E-state index contributed by atoms with van der Waals surface area (Å²) in [6.07, 6.45) is 0. The second kappa shape index (κ2) is 10.3.